The second kappa shape index (κ2) is 8.47. The van der Waals surface area contributed by atoms with Crippen molar-refractivity contribution in [1.29, 1.82) is 0 Å². The molecule has 0 radical (unpaired) electrons. The van der Waals surface area contributed by atoms with Gasteiger partial charge in [0, 0.05) is 24.4 Å². The molecule has 0 bridgehead atoms. The Labute approximate surface area is 180 Å². The SMILES string of the molecule is CC(=O)c1ccc(OCC2CN(C(=O)c3cnc4cc(C)nn4c3C)CCO2)cc1C. The summed E-state index contributed by atoms with van der Waals surface area (Å²) in [5.41, 5.74) is 4.45. The molecule has 0 spiro atoms. The molecule has 1 saturated heterocycles. The van der Waals surface area contributed by atoms with Crippen molar-refractivity contribution in [2.75, 3.05) is 26.3 Å². The van der Waals surface area contributed by atoms with Crippen LogP contribution in [0.25, 0.3) is 5.65 Å². The summed E-state index contributed by atoms with van der Waals surface area (Å²) in [7, 11) is 0. The van der Waals surface area contributed by atoms with Crippen LogP contribution in [0, 0.1) is 20.8 Å². The molecular weight excluding hydrogens is 396 g/mol. The van der Waals surface area contributed by atoms with Gasteiger partial charge >= 0.3 is 0 Å². The Kier molecular flexibility index (Phi) is 5.73. The van der Waals surface area contributed by atoms with Crippen LogP contribution in [0.1, 0.15) is 44.6 Å². The van der Waals surface area contributed by atoms with Crippen molar-refractivity contribution in [3.63, 3.8) is 0 Å². The molecule has 1 aliphatic heterocycles. The lowest BCUT2D eigenvalue weighted by Crippen LogP contribution is -2.47. The maximum atomic E-state index is 13.2. The van der Waals surface area contributed by atoms with Gasteiger partial charge in [-0.05, 0) is 51.5 Å². The van der Waals surface area contributed by atoms with Gasteiger partial charge in [-0.25, -0.2) is 9.50 Å². The van der Waals surface area contributed by atoms with Crippen molar-refractivity contribution >= 4 is 17.3 Å². The molecule has 4 rings (SSSR count). The summed E-state index contributed by atoms with van der Waals surface area (Å²) in [5, 5.41) is 4.42. The van der Waals surface area contributed by atoms with Crippen LogP contribution in [0.4, 0.5) is 0 Å². The minimum absolute atomic E-state index is 0.0297. The number of aromatic nitrogens is 3. The van der Waals surface area contributed by atoms with E-state index < -0.39 is 0 Å². The highest BCUT2D eigenvalue weighted by Crippen LogP contribution is 2.20. The minimum atomic E-state index is -0.241. The Hall–Kier alpha value is -3.26. The number of nitrogens with zero attached hydrogens (tertiary/aromatic N) is 4. The van der Waals surface area contributed by atoms with Gasteiger partial charge < -0.3 is 14.4 Å². The van der Waals surface area contributed by atoms with Crippen LogP contribution in [0.5, 0.6) is 5.75 Å². The Morgan fingerprint density at radius 1 is 1.19 bits per heavy atom. The molecule has 1 aliphatic rings. The zero-order chi connectivity index (χ0) is 22.1. The van der Waals surface area contributed by atoms with E-state index >= 15 is 0 Å². The number of morpholine rings is 1. The quantitative estimate of drug-likeness (QED) is 0.588. The highest BCUT2D eigenvalue weighted by molar-refractivity contribution is 5.96. The molecule has 0 N–H and O–H groups in total. The van der Waals surface area contributed by atoms with Crippen LogP contribution in [-0.2, 0) is 4.74 Å². The number of benzene rings is 1. The third-order valence-electron chi connectivity index (χ3n) is 5.52. The number of ketones is 1. The lowest BCUT2D eigenvalue weighted by Gasteiger charge is -2.33. The number of rotatable bonds is 5. The van der Waals surface area contributed by atoms with Gasteiger partial charge in [-0.15, -0.1) is 0 Å². The maximum absolute atomic E-state index is 13.2. The first-order valence-electron chi connectivity index (χ1n) is 10.3. The van der Waals surface area contributed by atoms with E-state index in [4.69, 9.17) is 9.47 Å². The third-order valence-corrected chi connectivity index (χ3v) is 5.52. The van der Waals surface area contributed by atoms with E-state index in [1.165, 1.54) is 0 Å². The van der Waals surface area contributed by atoms with Gasteiger partial charge in [0.2, 0.25) is 0 Å². The number of carbonyl (C=O) groups is 2. The molecule has 0 saturated carbocycles. The van der Waals surface area contributed by atoms with Crippen molar-refractivity contribution in [3.8, 4) is 5.75 Å². The second-order valence-corrected chi connectivity index (χ2v) is 7.90. The van der Waals surface area contributed by atoms with Crippen molar-refractivity contribution in [2.24, 2.45) is 0 Å². The highest BCUT2D eigenvalue weighted by atomic mass is 16.5. The summed E-state index contributed by atoms with van der Waals surface area (Å²) in [6.07, 6.45) is 1.38. The zero-order valence-electron chi connectivity index (χ0n) is 18.2. The number of hydrogen-bond donors (Lipinski definition) is 0. The Balaban J connectivity index is 1.43. The van der Waals surface area contributed by atoms with Crippen LogP contribution in [-0.4, -0.2) is 63.6 Å². The fourth-order valence-electron chi connectivity index (χ4n) is 3.86. The fourth-order valence-corrected chi connectivity index (χ4v) is 3.86. The molecule has 8 heteroatoms. The van der Waals surface area contributed by atoms with Crippen LogP contribution in [0.2, 0.25) is 0 Å². The van der Waals surface area contributed by atoms with Gasteiger partial charge in [0.05, 0.1) is 30.1 Å². The molecule has 3 aromatic rings. The smallest absolute Gasteiger partial charge is 0.257 e. The fraction of sp³-hybridized carbons (Fsp3) is 0.391. The molecule has 8 nitrogen and oxygen atoms in total. The Morgan fingerprint density at radius 2 is 2.00 bits per heavy atom. The topological polar surface area (TPSA) is 86.0 Å². The molecule has 1 fully saturated rings. The Morgan fingerprint density at radius 3 is 2.74 bits per heavy atom. The monoisotopic (exact) mass is 422 g/mol. The van der Waals surface area contributed by atoms with E-state index in [1.807, 2.05) is 32.9 Å². The Bertz CT molecular complexity index is 1150. The number of Topliss-reactive ketones (excluding diaryl/α,β-unsaturated/α-hetero) is 1. The number of amides is 1. The predicted molar refractivity (Wildman–Crippen MR) is 115 cm³/mol. The minimum Gasteiger partial charge on any atom is -0.491 e. The van der Waals surface area contributed by atoms with Crippen LogP contribution >= 0.6 is 0 Å². The zero-order valence-corrected chi connectivity index (χ0v) is 18.2. The average Bonchev–Trinajstić information content (AvgIpc) is 3.13. The van der Waals surface area contributed by atoms with Crippen molar-refractivity contribution in [3.05, 3.63) is 58.5 Å². The van der Waals surface area contributed by atoms with E-state index in [2.05, 4.69) is 10.1 Å². The van der Waals surface area contributed by atoms with Crippen LogP contribution in [0.3, 0.4) is 0 Å². The molecule has 1 unspecified atom stereocenters. The third kappa shape index (κ3) is 4.29. The molecule has 2 aromatic heterocycles. The van der Waals surface area contributed by atoms with Gasteiger partial charge in [0.25, 0.3) is 5.91 Å². The summed E-state index contributed by atoms with van der Waals surface area (Å²) < 4.78 is 13.4. The van der Waals surface area contributed by atoms with Crippen molar-refractivity contribution < 1.29 is 19.1 Å². The van der Waals surface area contributed by atoms with E-state index in [0.29, 0.717) is 43.2 Å². The predicted octanol–water partition coefficient (Wildman–Crippen LogP) is 2.78. The summed E-state index contributed by atoms with van der Waals surface area (Å²) in [4.78, 5) is 30.9. The number of hydrogen-bond acceptors (Lipinski definition) is 6. The van der Waals surface area contributed by atoms with Crippen molar-refractivity contribution in [2.45, 2.75) is 33.8 Å². The van der Waals surface area contributed by atoms with Crippen LogP contribution < -0.4 is 4.74 Å². The van der Waals surface area contributed by atoms with E-state index in [0.717, 1.165) is 22.6 Å². The number of fused-ring (bicyclic) bond motifs is 1. The maximum Gasteiger partial charge on any atom is 0.257 e. The van der Waals surface area contributed by atoms with E-state index in [1.54, 1.807) is 34.7 Å². The number of aryl methyl sites for hydroxylation is 3. The average molecular weight is 422 g/mol. The number of ether oxygens (including phenoxy) is 2. The van der Waals surface area contributed by atoms with Gasteiger partial charge in [-0.2, -0.15) is 5.10 Å². The standard InChI is InChI=1S/C23H26N4O4/c1-14-9-18(5-6-20(14)17(4)28)31-13-19-12-26(7-8-30-19)23(29)21-11-24-22-10-15(2)25-27(22)16(21)3/h5-6,9-11,19H,7-8,12-13H2,1-4H3. The molecular formula is C23H26N4O4. The summed E-state index contributed by atoms with van der Waals surface area (Å²) in [6, 6.07) is 7.28. The lowest BCUT2D eigenvalue weighted by molar-refractivity contribution is -0.0401. The molecule has 1 amide bonds. The first-order valence-corrected chi connectivity index (χ1v) is 10.3. The molecule has 1 aromatic carbocycles. The van der Waals surface area contributed by atoms with Crippen molar-refractivity contribution in [1.82, 2.24) is 19.5 Å². The first-order chi connectivity index (χ1) is 14.8. The molecule has 0 aliphatic carbocycles. The molecule has 31 heavy (non-hydrogen) atoms. The van der Waals surface area contributed by atoms with Gasteiger partial charge in [0.15, 0.2) is 11.4 Å². The van der Waals surface area contributed by atoms with Gasteiger partial charge in [-0.3, -0.25) is 9.59 Å². The van der Waals surface area contributed by atoms with Crippen LogP contribution in [0.15, 0.2) is 30.5 Å². The lowest BCUT2D eigenvalue weighted by atomic mass is 10.1. The van der Waals surface area contributed by atoms with Gasteiger partial charge in [0.1, 0.15) is 18.5 Å². The summed E-state index contributed by atoms with van der Waals surface area (Å²) in [6.45, 7) is 8.91. The molecule has 3 heterocycles. The van der Waals surface area contributed by atoms with Gasteiger partial charge in [-0.1, -0.05) is 0 Å². The normalized spacial score (nSPS) is 16.5. The van der Waals surface area contributed by atoms with E-state index in [-0.39, 0.29) is 17.8 Å². The first kappa shape index (κ1) is 21.0. The highest BCUT2D eigenvalue weighted by Gasteiger charge is 2.27. The largest absolute Gasteiger partial charge is 0.491 e. The second-order valence-electron chi connectivity index (χ2n) is 7.90. The molecule has 162 valence electrons. The summed E-state index contributed by atoms with van der Waals surface area (Å²) >= 11 is 0. The number of carbonyl (C=O) groups excluding carboxylic acids is 2. The molecule has 1 atom stereocenters. The summed E-state index contributed by atoms with van der Waals surface area (Å²) in [5.74, 6) is 0.617. The van der Waals surface area contributed by atoms with E-state index in [9.17, 15) is 9.59 Å².